The lowest BCUT2D eigenvalue weighted by Gasteiger charge is -1.77. The average molecular weight is 198 g/mol. The first-order valence-electron chi connectivity index (χ1n) is 4.72. The van der Waals surface area contributed by atoms with E-state index in [4.69, 9.17) is 9.47 Å². The Kier molecular flexibility index (Phi) is 2.79. The number of ether oxygens (including phenoxy) is 2. The molecule has 74 valence electrons. The summed E-state index contributed by atoms with van der Waals surface area (Å²) in [6.07, 6.45) is 2.18. The monoisotopic (exact) mass is 198 g/mol. The van der Waals surface area contributed by atoms with E-state index in [1.165, 1.54) is 0 Å². The molecule has 2 rings (SSSR count). The van der Waals surface area contributed by atoms with Gasteiger partial charge in [0.1, 0.15) is 24.4 Å². The molecule has 2 aliphatic rings. The minimum Gasteiger partial charge on any atom is -0.362 e. The molecule has 2 saturated heterocycles. The quantitative estimate of drug-likeness (QED) is 0.371. The van der Waals surface area contributed by atoms with E-state index >= 15 is 0 Å². The molecule has 2 fully saturated rings. The van der Waals surface area contributed by atoms with E-state index in [-0.39, 0.29) is 24.4 Å². The van der Waals surface area contributed by atoms with Gasteiger partial charge in [0.05, 0.1) is 0 Å². The maximum atomic E-state index is 5.33. The third kappa shape index (κ3) is 2.42. The molecular formula is C13H10O2. The van der Waals surface area contributed by atoms with Gasteiger partial charge in [0.25, 0.3) is 0 Å². The molecule has 2 nitrogen and oxygen atoms in total. The van der Waals surface area contributed by atoms with Gasteiger partial charge in [0.15, 0.2) is 0 Å². The van der Waals surface area contributed by atoms with Crippen LogP contribution in [0, 0.1) is 35.5 Å². The van der Waals surface area contributed by atoms with E-state index in [2.05, 4.69) is 42.1 Å². The fraction of sp³-hybridized carbons (Fsp3) is 0.385. The molecule has 2 heterocycles. The Morgan fingerprint density at radius 2 is 1.87 bits per heavy atom. The zero-order chi connectivity index (χ0) is 10.7. The molecule has 0 aromatic rings. The second-order valence-electron chi connectivity index (χ2n) is 3.22. The number of rotatable bonds is 2. The van der Waals surface area contributed by atoms with Gasteiger partial charge in [-0.1, -0.05) is 17.9 Å². The topological polar surface area (TPSA) is 25.1 Å². The van der Waals surface area contributed by atoms with Crippen LogP contribution in [0.4, 0.5) is 0 Å². The van der Waals surface area contributed by atoms with Crippen LogP contribution in [0.2, 0.25) is 0 Å². The van der Waals surface area contributed by atoms with Crippen molar-refractivity contribution < 1.29 is 9.47 Å². The maximum absolute atomic E-state index is 5.33. The van der Waals surface area contributed by atoms with Crippen molar-refractivity contribution in [3.8, 4) is 35.5 Å². The lowest BCUT2D eigenvalue weighted by molar-refractivity contribution is 0.317. The predicted octanol–water partition coefficient (Wildman–Crippen LogP) is 0.737. The zero-order valence-corrected chi connectivity index (χ0v) is 8.41. The van der Waals surface area contributed by atoms with Crippen molar-refractivity contribution in [3.05, 3.63) is 12.7 Å². The van der Waals surface area contributed by atoms with E-state index < -0.39 is 0 Å². The number of epoxide rings is 2. The van der Waals surface area contributed by atoms with Crippen molar-refractivity contribution in [2.75, 3.05) is 0 Å². The van der Waals surface area contributed by atoms with Crippen LogP contribution in [0.25, 0.3) is 0 Å². The Morgan fingerprint density at radius 3 is 2.53 bits per heavy atom. The summed E-state index contributed by atoms with van der Waals surface area (Å²) >= 11 is 0. The van der Waals surface area contributed by atoms with Gasteiger partial charge in [-0.2, -0.15) is 0 Å². The Bertz CT molecular complexity index is 444. The van der Waals surface area contributed by atoms with Gasteiger partial charge in [0.2, 0.25) is 0 Å². The Morgan fingerprint density at radius 1 is 1.07 bits per heavy atom. The third-order valence-corrected chi connectivity index (χ3v) is 2.17. The molecule has 2 aliphatic heterocycles. The molecule has 0 radical (unpaired) electrons. The summed E-state index contributed by atoms with van der Waals surface area (Å²) in [4.78, 5) is 0. The van der Waals surface area contributed by atoms with E-state index in [0.29, 0.717) is 0 Å². The second-order valence-corrected chi connectivity index (χ2v) is 3.22. The van der Waals surface area contributed by atoms with E-state index in [0.717, 1.165) is 0 Å². The first-order valence-corrected chi connectivity index (χ1v) is 4.72. The van der Waals surface area contributed by atoms with E-state index in [9.17, 15) is 0 Å². The summed E-state index contributed by atoms with van der Waals surface area (Å²) in [5.41, 5.74) is 0. The molecule has 2 heteroatoms. The van der Waals surface area contributed by atoms with Crippen LogP contribution < -0.4 is 0 Å². The average Bonchev–Trinajstić information content (AvgIpc) is 3.11. The van der Waals surface area contributed by atoms with E-state index in [1.807, 2.05) is 0 Å². The SMILES string of the molecule is C=CC1OC1C1OC1C#CC#CC#CC. The predicted molar refractivity (Wildman–Crippen MR) is 56.5 cm³/mol. The fourth-order valence-corrected chi connectivity index (χ4v) is 1.31. The third-order valence-electron chi connectivity index (χ3n) is 2.17. The van der Waals surface area contributed by atoms with Crippen molar-refractivity contribution in [3.63, 3.8) is 0 Å². The molecule has 0 bridgehead atoms. The van der Waals surface area contributed by atoms with Gasteiger partial charge in [-0.05, 0) is 30.6 Å². The lowest BCUT2D eigenvalue weighted by Crippen LogP contribution is -2.02. The van der Waals surface area contributed by atoms with Crippen molar-refractivity contribution in [2.24, 2.45) is 0 Å². The highest BCUT2D eigenvalue weighted by atomic mass is 16.7. The largest absolute Gasteiger partial charge is 0.362 e. The van der Waals surface area contributed by atoms with Crippen LogP contribution in [0.15, 0.2) is 12.7 Å². The highest BCUT2D eigenvalue weighted by Gasteiger charge is 2.55. The Labute approximate surface area is 89.6 Å². The Balaban J connectivity index is 1.77. The molecule has 4 unspecified atom stereocenters. The highest BCUT2D eigenvalue weighted by Crippen LogP contribution is 2.38. The number of hydrogen-bond donors (Lipinski definition) is 0. The molecule has 0 amide bonds. The van der Waals surface area contributed by atoms with Crippen LogP contribution in [-0.4, -0.2) is 24.4 Å². The van der Waals surface area contributed by atoms with E-state index in [1.54, 1.807) is 13.0 Å². The van der Waals surface area contributed by atoms with Crippen LogP contribution in [0.5, 0.6) is 0 Å². The summed E-state index contributed by atoms with van der Waals surface area (Å²) in [5.74, 6) is 16.1. The molecular weight excluding hydrogens is 188 g/mol. The van der Waals surface area contributed by atoms with Crippen molar-refractivity contribution in [1.82, 2.24) is 0 Å². The molecule has 0 aliphatic carbocycles. The molecule has 0 spiro atoms. The molecule has 15 heavy (non-hydrogen) atoms. The summed E-state index contributed by atoms with van der Waals surface area (Å²) < 4.78 is 10.6. The van der Waals surface area contributed by atoms with Gasteiger partial charge < -0.3 is 9.47 Å². The van der Waals surface area contributed by atoms with Crippen molar-refractivity contribution in [2.45, 2.75) is 31.3 Å². The molecule has 4 atom stereocenters. The van der Waals surface area contributed by atoms with Crippen LogP contribution in [0.3, 0.4) is 0 Å². The molecule has 0 aromatic heterocycles. The smallest absolute Gasteiger partial charge is 0.148 e. The van der Waals surface area contributed by atoms with Gasteiger partial charge in [-0.3, -0.25) is 0 Å². The standard InChI is InChI=1S/C13H10O2/c1-3-5-6-7-8-9-11-13(15-11)12-10(4-2)14-12/h4,10-13H,2H2,1H3. The van der Waals surface area contributed by atoms with Gasteiger partial charge in [-0.15, -0.1) is 6.58 Å². The van der Waals surface area contributed by atoms with Crippen molar-refractivity contribution >= 4 is 0 Å². The number of hydrogen-bond acceptors (Lipinski definition) is 2. The molecule has 0 aromatic carbocycles. The molecule has 0 N–H and O–H groups in total. The highest BCUT2D eigenvalue weighted by molar-refractivity contribution is 5.37. The van der Waals surface area contributed by atoms with Crippen LogP contribution >= 0.6 is 0 Å². The summed E-state index contributed by atoms with van der Waals surface area (Å²) in [6.45, 7) is 5.39. The molecule has 0 saturated carbocycles. The van der Waals surface area contributed by atoms with Crippen LogP contribution in [0.1, 0.15) is 6.92 Å². The van der Waals surface area contributed by atoms with Gasteiger partial charge in [-0.25, -0.2) is 0 Å². The first kappa shape index (κ1) is 9.88. The maximum Gasteiger partial charge on any atom is 0.148 e. The van der Waals surface area contributed by atoms with Crippen molar-refractivity contribution in [1.29, 1.82) is 0 Å². The summed E-state index contributed by atoms with van der Waals surface area (Å²) in [6, 6.07) is 0. The van der Waals surface area contributed by atoms with Gasteiger partial charge in [0, 0.05) is 0 Å². The zero-order valence-electron chi connectivity index (χ0n) is 8.41. The lowest BCUT2D eigenvalue weighted by atomic mass is 10.2. The Hall–Kier alpha value is -1.66. The van der Waals surface area contributed by atoms with Gasteiger partial charge >= 0.3 is 0 Å². The normalized spacial score (nSPS) is 34.5. The second kappa shape index (κ2) is 4.24. The summed E-state index contributed by atoms with van der Waals surface area (Å²) in [5, 5.41) is 0. The minimum absolute atomic E-state index is 0.0242. The minimum atomic E-state index is -0.0242. The van der Waals surface area contributed by atoms with Crippen LogP contribution in [-0.2, 0) is 9.47 Å². The summed E-state index contributed by atoms with van der Waals surface area (Å²) in [7, 11) is 0. The first-order chi connectivity index (χ1) is 7.36. The fourth-order valence-electron chi connectivity index (χ4n) is 1.31.